The molecule has 2 rings (SSSR count). The highest BCUT2D eigenvalue weighted by atomic mass is 16.5. The lowest BCUT2D eigenvalue weighted by atomic mass is 10.2. The molecule has 0 amide bonds. The Morgan fingerprint density at radius 2 is 2.06 bits per heavy atom. The third kappa shape index (κ3) is 2.07. The van der Waals surface area contributed by atoms with Gasteiger partial charge in [0.05, 0.1) is 5.56 Å². The Bertz CT molecular complexity index is 548. The third-order valence-electron chi connectivity index (χ3n) is 1.87. The number of benzene rings is 1. The summed E-state index contributed by atoms with van der Waals surface area (Å²) in [6.45, 7) is 0. The van der Waals surface area contributed by atoms with Crippen molar-refractivity contribution in [3.05, 3.63) is 42.1 Å². The van der Waals surface area contributed by atoms with E-state index in [9.17, 15) is 0 Å². The fourth-order valence-electron chi connectivity index (χ4n) is 1.17. The van der Waals surface area contributed by atoms with E-state index >= 15 is 0 Å². The number of anilines is 1. The molecule has 0 spiro atoms. The monoisotopic (exact) mass is 212 g/mol. The van der Waals surface area contributed by atoms with Crippen LogP contribution in [0, 0.1) is 11.3 Å². The molecule has 1 aromatic carbocycles. The van der Waals surface area contributed by atoms with Crippen molar-refractivity contribution in [1.82, 2.24) is 9.97 Å². The third-order valence-corrected chi connectivity index (χ3v) is 1.87. The zero-order valence-corrected chi connectivity index (χ0v) is 8.29. The van der Waals surface area contributed by atoms with Crippen molar-refractivity contribution in [3.8, 4) is 17.7 Å². The lowest BCUT2D eigenvalue weighted by Crippen LogP contribution is -1.96. The Labute approximate surface area is 92.1 Å². The lowest BCUT2D eigenvalue weighted by molar-refractivity contribution is 0.461. The highest BCUT2D eigenvalue weighted by Crippen LogP contribution is 2.22. The summed E-state index contributed by atoms with van der Waals surface area (Å²) in [5, 5.41) is 8.86. The quantitative estimate of drug-likeness (QED) is 0.819. The molecule has 0 bridgehead atoms. The molecule has 0 aliphatic carbocycles. The number of nitriles is 1. The predicted octanol–water partition coefficient (Wildman–Crippen LogP) is 1.72. The van der Waals surface area contributed by atoms with Gasteiger partial charge >= 0.3 is 0 Å². The van der Waals surface area contributed by atoms with Crippen LogP contribution in [0.25, 0.3) is 0 Å². The summed E-state index contributed by atoms with van der Waals surface area (Å²) in [6, 6.07) is 10.5. The first-order valence-electron chi connectivity index (χ1n) is 4.55. The van der Waals surface area contributed by atoms with Crippen LogP contribution < -0.4 is 10.5 Å². The maximum Gasteiger partial charge on any atom is 0.224 e. The number of hydrogen-bond acceptors (Lipinski definition) is 5. The highest BCUT2D eigenvalue weighted by molar-refractivity contribution is 5.44. The van der Waals surface area contributed by atoms with Gasteiger partial charge in [-0.15, -0.1) is 0 Å². The molecule has 2 N–H and O–H groups in total. The number of nitrogens with two attached hydrogens (primary N) is 1. The number of rotatable bonds is 2. The molecule has 2 aromatic rings. The summed E-state index contributed by atoms with van der Waals surface area (Å²) >= 11 is 0. The molecule has 1 heterocycles. The molecule has 0 saturated heterocycles. The largest absolute Gasteiger partial charge is 0.437 e. The smallest absolute Gasteiger partial charge is 0.224 e. The van der Waals surface area contributed by atoms with E-state index in [1.165, 1.54) is 6.20 Å². The molecular weight excluding hydrogens is 204 g/mol. The van der Waals surface area contributed by atoms with Crippen LogP contribution in [-0.2, 0) is 0 Å². The normalized spacial score (nSPS) is 9.44. The van der Waals surface area contributed by atoms with Crippen molar-refractivity contribution < 1.29 is 4.74 Å². The molecule has 16 heavy (non-hydrogen) atoms. The van der Waals surface area contributed by atoms with E-state index in [4.69, 9.17) is 15.7 Å². The summed E-state index contributed by atoms with van der Waals surface area (Å²) in [5.74, 6) is 0.894. The highest BCUT2D eigenvalue weighted by Gasteiger charge is 2.04. The number of hydrogen-bond donors (Lipinski definition) is 1. The van der Waals surface area contributed by atoms with Crippen molar-refractivity contribution >= 4 is 5.95 Å². The van der Waals surface area contributed by atoms with Gasteiger partial charge in [0.15, 0.2) is 0 Å². The minimum Gasteiger partial charge on any atom is -0.437 e. The first kappa shape index (κ1) is 9.93. The molecule has 0 unspecified atom stereocenters. The van der Waals surface area contributed by atoms with Crippen molar-refractivity contribution in [2.45, 2.75) is 0 Å². The van der Waals surface area contributed by atoms with Gasteiger partial charge in [-0.1, -0.05) is 12.1 Å². The first-order valence-corrected chi connectivity index (χ1v) is 4.55. The number of nitrogens with zero attached hydrogens (tertiary/aromatic N) is 3. The second-order valence-electron chi connectivity index (χ2n) is 2.96. The van der Waals surface area contributed by atoms with Crippen LogP contribution in [0.4, 0.5) is 5.95 Å². The number of nitrogen functional groups attached to an aromatic ring is 1. The number of ether oxygens (including phenoxy) is 1. The molecule has 0 radical (unpaired) electrons. The Kier molecular flexibility index (Phi) is 2.65. The lowest BCUT2D eigenvalue weighted by Gasteiger charge is -2.05. The maximum absolute atomic E-state index is 8.86. The molecule has 5 nitrogen and oxygen atoms in total. The van der Waals surface area contributed by atoms with E-state index < -0.39 is 0 Å². The van der Waals surface area contributed by atoms with Crippen molar-refractivity contribution in [3.63, 3.8) is 0 Å². The van der Waals surface area contributed by atoms with E-state index in [0.29, 0.717) is 17.2 Å². The summed E-state index contributed by atoms with van der Waals surface area (Å²) in [7, 11) is 0. The van der Waals surface area contributed by atoms with Crippen LogP contribution in [0.15, 0.2) is 36.5 Å². The Morgan fingerprint density at radius 3 is 2.81 bits per heavy atom. The molecule has 0 atom stereocenters. The topological polar surface area (TPSA) is 84.8 Å². The number of aromatic nitrogens is 2. The van der Waals surface area contributed by atoms with Gasteiger partial charge in [-0.2, -0.15) is 10.2 Å². The zero-order valence-electron chi connectivity index (χ0n) is 8.29. The van der Waals surface area contributed by atoms with Gasteiger partial charge in [-0.05, 0) is 12.1 Å². The van der Waals surface area contributed by atoms with Crippen LogP contribution in [0.1, 0.15) is 5.56 Å². The molecule has 1 aromatic heterocycles. The van der Waals surface area contributed by atoms with Gasteiger partial charge in [0.25, 0.3) is 0 Å². The molecule has 78 valence electrons. The van der Waals surface area contributed by atoms with Crippen LogP contribution in [0.5, 0.6) is 11.6 Å². The Hall–Kier alpha value is -2.61. The summed E-state index contributed by atoms with van der Waals surface area (Å²) in [6.07, 6.45) is 1.49. The van der Waals surface area contributed by atoms with Gasteiger partial charge in [0.1, 0.15) is 11.8 Å². The SMILES string of the molecule is N#Cc1ccccc1Oc1ccnc(N)n1. The fourth-order valence-corrected chi connectivity index (χ4v) is 1.17. The van der Waals surface area contributed by atoms with Crippen molar-refractivity contribution in [1.29, 1.82) is 5.26 Å². The van der Waals surface area contributed by atoms with Crippen molar-refractivity contribution in [2.24, 2.45) is 0 Å². The first-order chi connectivity index (χ1) is 7.79. The van der Waals surface area contributed by atoms with Crippen LogP contribution in [0.2, 0.25) is 0 Å². The van der Waals surface area contributed by atoms with Gasteiger partial charge < -0.3 is 10.5 Å². The summed E-state index contributed by atoms with van der Waals surface area (Å²) < 4.78 is 5.43. The average Bonchev–Trinajstić information content (AvgIpc) is 2.30. The molecule has 0 aliphatic heterocycles. The standard InChI is InChI=1S/C11H8N4O/c12-7-8-3-1-2-4-9(8)16-10-5-6-14-11(13)15-10/h1-6H,(H2,13,14,15). The van der Waals surface area contributed by atoms with Gasteiger partial charge in [0, 0.05) is 12.3 Å². The summed E-state index contributed by atoms with van der Waals surface area (Å²) in [4.78, 5) is 7.62. The molecule has 0 aliphatic rings. The van der Waals surface area contributed by atoms with Crippen molar-refractivity contribution in [2.75, 3.05) is 5.73 Å². The van der Waals surface area contributed by atoms with Gasteiger partial charge in [0.2, 0.25) is 11.8 Å². The second kappa shape index (κ2) is 4.28. The van der Waals surface area contributed by atoms with E-state index in [0.717, 1.165) is 0 Å². The van der Waals surface area contributed by atoms with Crippen LogP contribution in [-0.4, -0.2) is 9.97 Å². The van der Waals surface area contributed by atoms with E-state index in [1.54, 1.807) is 30.3 Å². The van der Waals surface area contributed by atoms with E-state index in [-0.39, 0.29) is 5.95 Å². The molecule has 0 saturated carbocycles. The second-order valence-corrected chi connectivity index (χ2v) is 2.96. The minimum atomic E-state index is 0.131. The maximum atomic E-state index is 8.86. The van der Waals surface area contributed by atoms with Crippen LogP contribution in [0.3, 0.4) is 0 Å². The molecule has 5 heteroatoms. The average molecular weight is 212 g/mol. The minimum absolute atomic E-state index is 0.131. The van der Waals surface area contributed by atoms with Gasteiger partial charge in [-0.25, -0.2) is 4.98 Å². The Balaban J connectivity index is 2.31. The molecule has 0 fully saturated rings. The van der Waals surface area contributed by atoms with E-state index in [2.05, 4.69) is 9.97 Å². The van der Waals surface area contributed by atoms with Gasteiger partial charge in [-0.3, -0.25) is 0 Å². The van der Waals surface area contributed by atoms with E-state index in [1.807, 2.05) is 6.07 Å². The molecular formula is C11H8N4O. The van der Waals surface area contributed by atoms with Crippen LogP contribution >= 0.6 is 0 Å². The Morgan fingerprint density at radius 1 is 1.25 bits per heavy atom. The zero-order chi connectivity index (χ0) is 11.4. The summed E-state index contributed by atoms with van der Waals surface area (Å²) in [5.41, 5.74) is 5.86. The number of para-hydroxylation sites is 1. The fraction of sp³-hybridized carbons (Fsp3) is 0. The predicted molar refractivity (Wildman–Crippen MR) is 57.7 cm³/mol.